The van der Waals surface area contributed by atoms with Crippen molar-refractivity contribution in [3.63, 3.8) is 0 Å². The van der Waals surface area contributed by atoms with Crippen molar-refractivity contribution in [2.45, 2.75) is 39.8 Å². The Morgan fingerprint density at radius 3 is 2.61 bits per heavy atom. The fourth-order valence-corrected chi connectivity index (χ4v) is 2.11. The molecule has 1 aromatic carbocycles. The maximum Gasteiger partial charge on any atom is 0.407 e. The predicted molar refractivity (Wildman–Crippen MR) is 85.3 cm³/mol. The number of carbonyl (C=O) groups is 2. The lowest BCUT2D eigenvalue weighted by Gasteiger charge is -2.22. The maximum absolute atomic E-state index is 11.8. The molecule has 1 atom stereocenters. The smallest absolute Gasteiger partial charge is 0.407 e. The third-order valence-electron chi connectivity index (χ3n) is 3.51. The van der Waals surface area contributed by atoms with Crippen LogP contribution in [0.2, 0.25) is 0 Å². The first kappa shape index (κ1) is 17.3. The fourth-order valence-electron chi connectivity index (χ4n) is 2.11. The highest BCUT2D eigenvalue weighted by molar-refractivity contribution is 5.75. The molecule has 1 saturated heterocycles. The molecule has 23 heavy (non-hydrogen) atoms. The number of ether oxygens (including phenoxy) is 1. The summed E-state index contributed by atoms with van der Waals surface area (Å²) < 4.78 is 5.18. The molecule has 0 unspecified atom stereocenters. The van der Waals surface area contributed by atoms with E-state index in [1.54, 1.807) is 5.06 Å². The highest BCUT2D eigenvalue weighted by atomic mass is 16.7. The molecular weight excluding hydrogens is 296 g/mol. The molecule has 0 saturated carbocycles. The lowest BCUT2D eigenvalue weighted by molar-refractivity contribution is -0.195. The topological polar surface area (TPSA) is 67.9 Å². The lowest BCUT2D eigenvalue weighted by Crippen LogP contribution is -2.38. The lowest BCUT2D eigenvalue weighted by atomic mass is 9.98. The number of amides is 1. The van der Waals surface area contributed by atoms with E-state index in [4.69, 9.17) is 9.57 Å². The van der Waals surface area contributed by atoms with Crippen LogP contribution in [-0.4, -0.2) is 36.3 Å². The molecule has 2 rings (SSSR count). The largest absolute Gasteiger partial charge is 0.445 e. The van der Waals surface area contributed by atoms with E-state index in [0.717, 1.165) is 12.0 Å². The van der Waals surface area contributed by atoms with Crippen molar-refractivity contribution in [1.82, 2.24) is 10.4 Å². The Balaban J connectivity index is 1.70. The first-order valence-electron chi connectivity index (χ1n) is 7.79. The van der Waals surface area contributed by atoms with Gasteiger partial charge in [0.2, 0.25) is 0 Å². The predicted octanol–water partition coefficient (Wildman–Crippen LogP) is 2.49. The number of alkyl carbamates (subject to hydrolysis) is 1. The van der Waals surface area contributed by atoms with Crippen LogP contribution in [0.15, 0.2) is 30.3 Å². The van der Waals surface area contributed by atoms with Crippen molar-refractivity contribution in [3.8, 4) is 0 Å². The molecule has 1 N–H and O–H groups in total. The first-order valence-corrected chi connectivity index (χ1v) is 7.79. The zero-order valence-corrected chi connectivity index (χ0v) is 13.9. The second kappa shape index (κ2) is 7.46. The molecule has 6 nitrogen and oxygen atoms in total. The van der Waals surface area contributed by atoms with Gasteiger partial charge in [0.25, 0.3) is 0 Å². The summed E-state index contributed by atoms with van der Waals surface area (Å²) in [5, 5.41) is 4.39. The second-order valence-corrected chi connectivity index (χ2v) is 6.71. The Morgan fingerprint density at radius 1 is 1.26 bits per heavy atom. The molecule has 0 bridgehead atoms. The van der Waals surface area contributed by atoms with Crippen LogP contribution < -0.4 is 5.32 Å². The molecule has 0 radical (unpaired) electrons. The Labute approximate surface area is 136 Å². The Kier molecular flexibility index (Phi) is 5.60. The van der Waals surface area contributed by atoms with E-state index in [-0.39, 0.29) is 18.6 Å². The summed E-state index contributed by atoms with van der Waals surface area (Å²) in [6.07, 6.45) is 0.264. The highest BCUT2D eigenvalue weighted by Crippen LogP contribution is 2.18. The van der Waals surface area contributed by atoms with E-state index in [9.17, 15) is 9.59 Å². The van der Waals surface area contributed by atoms with Crippen LogP contribution in [0.1, 0.15) is 32.8 Å². The summed E-state index contributed by atoms with van der Waals surface area (Å²) >= 11 is 0. The summed E-state index contributed by atoms with van der Waals surface area (Å²) in [5.74, 6) is -0.273. The summed E-state index contributed by atoms with van der Waals surface area (Å²) in [7, 11) is 0. The van der Waals surface area contributed by atoms with Gasteiger partial charge in [-0.2, -0.15) is 0 Å². The van der Waals surface area contributed by atoms with Gasteiger partial charge in [0, 0.05) is 12.6 Å². The summed E-state index contributed by atoms with van der Waals surface area (Å²) in [6, 6.07) is 9.43. The average Bonchev–Trinajstić information content (AvgIpc) is 2.92. The van der Waals surface area contributed by atoms with Crippen LogP contribution in [-0.2, 0) is 21.0 Å². The SMILES string of the molecule is CC(C)(C)C(=O)ON1CC[C@@H](NC(=O)OCc2ccccc2)C1. The molecule has 1 aliphatic rings. The van der Waals surface area contributed by atoms with Gasteiger partial charge in [0.15, 0.2) is 0 Å². The monoisotopic (exact) mass is 320 g/mol. The van der Waals surface area contributed by atoms with E-state index < -0.39 is 11.5 Å². The van der Waals surface area contributed by atoms with Gasteiger partial charge >= 0.3 is 12.1 Å². The normalized spacial score (nSPS) is 18.5. The number of carbonyl (C=O) groups excluding carboxylic acids is 2. The van der Waals surface area contributed by atoms with Crippen LogP contribution in [0, 0.1) is 5.41 Å². The van der Waals surface area contributed by atoms with Crippen molar-refractivity contribution in [3.05, 3.63) is 35.9 Å². The molecule has 0 aromatic heterocycles. The van der Waals surface area contributed by atoms with Gasteiger partial charge in [-0.15, -0.1) is 5.06 Å². The first-order chi connectivity index (χ1) is 10.8. The average molecular weight is 320 g/mol. The summed E-state index contributed by atoms with van der Waals surface area (Å²) in [4.78, 5) is 29.0. The zero-order chi connectivity index (χ0) is 16.9. The number of hydrogen-bond donors (Lipinski definition) is 1. The van der Waals surface area contributed by atoms with Crippen LogP contribution >= 0.6 is 0 Å². The number of nitrogens with one attached hydrogen (secondary N) is 1. The van der Waals surface area contributed by atoms with Gasteiger partial charge in [-0.3, -0.25) is 0 Å². The van der Waals surface area contributed by atoms with Crippen LogP contribution in [0.4, 0.5) is 4.79 Å². The van der Waals surface area contributed by atoms with E-state index in [1.807, 2.05) is 51.1 Å². The Morgan fingerprint density at radius 2 is 1.96 bits per heavy atom. The molecule has 1 fully saturated rings. The molecule has 1 aromatic rings. The summed E-state index contributed by atoms with van der Waals surface area (Å²) in [5.41, 5.74) is 0.398. The Bertz CT molecular complexity index is 539. The standard InChI is InChI=1S/C17H24N2O4/c1-17(2,3)15(20)23-19-10-9-14(11-19)18-16(21)22-12-13-7-5-4-6-8-13/h4-8,14H,9-12H2,1-3H3,(H,18,21)/t14-/m1/s1. The van der Waals surface area contributed by atoms with Crippen molar-refractivity contribution in [2.24, 2.45) is 5.41 Å². The number of nitrogens with zero attached hydrogens (tertiary/aromatic N) is 1. The van der Waals surface area contributed by atoms with E-state index in [2.05, 4.69) is 5.32 Å². The minimum Gasteiger partial charge on any atom is -0.445 e. The summed E-state index contributed by atoms with van der Waals surface area (Å²) in [6.45, 7) is 6.74. The van der Waals surface area contributed by atoms with Crippen molar-refractivity contribution >= 4 is 12.1 Å². The number of hydroxylamine groups is 2. The fraction of sp³-hybridized carbons (Fsp3) is 0.529. The van der Waals surface area contributed by atoms with Gasteiger partial charge in [-0.05, 0) is 32.8 Å². The number of rotatable bonds is 4. The quantitative estimate of drug-likeness (QED) is 0.923. The molecule has 0 spiro atoms. The number of hydrogen-bond acceptors (Lipinski definition) is 5. The van der Waals surface area contributed by atoms with Crippen molar-refractivity contribution in [2.75, 3.05) is 13.1 Å². The molecule has 1 heterocycles. The molecule has 0 aliphatic carbocycles. The molecular formula is C17H24N2O4. The zero-order valence-electron chi connectivity index (χ0n) is 13.9. The van der Waals surface area contributed by atoms with Crippen LogP contribution in [0.3, 0.4) is 0 Å². The third-order valence-corrected chi connectivity index (χ3v) is 3.51. The maximum atomic E-state index is 11.8. The minimum atomic E-state index is -0.542. The van der Waals surface area contributed by atoms with Crippen molar-refractivity contribution < 1.29 is 19.2 Å². The van der Waals surface area contributed by atoms with Gasteiger partial charge < -0.3 is 14.9 Å². The van der Waals surface area contributed by atoms with E-state index in [0.29, 0.717) is 13.1 Å². The Hall–Kier alpha value is -2.08. The molecule has 6 heteroatoms. The molecule has 126 valence electrons. The number of benzene rings is 1. The third kappa shape index (κ3) is 5.56. The van der Waals surface area contributed by atoms with Gasteiger partial charge in [-0.1, -0.05) is 30.3 Å². The molecule has 1 aliphatic heterocycles. The van der Waals surface area contributed by atoms with Gasteiger partial charge in [-0.25, -0.2) is 9.59 Å². The molecule has 1 amide bonds. The minimum absolute atomic E-state index is 0.0777. The van der Waals surface area contributed by atoms with E-state index >= 15 is 0 Å². The van der Waals surface area contributed by atoms with E-state index in [1.165, 1.54) is 0 Å². The van der Waals surface area contributed by atoms with Gasteiger partial charge in [0.1, 0.15) is 6.61 Å². The van der Waals surface area contributed by atoms with Gasteiger partial charge in [0.05, 0.1) is 12.0 Å². The van der Waals surface area contributed by atoms with Crippen LogP contribution in [0.5, 0.6) is 0 Å². The van der Waals surface area contributed by atoms with Crippen molar-refractivity contribution in [1.29, 1.82) is 0 Å². The van der Waals surface area contributed by atoms with Crippen LogP contribution in [0.25, 0.3) is 0 Å². The second-order valence-electron chi connectivity index (χ2n) is 6.71. The highest BCUT2D eigenvalue weighted by Gasteiger charge is 2.31.